The number of hydrogen-bond acceptors (Lipinski definition) is 7. The van der Waals surface area contributed by atoms with Crippen LogP contribution >= 0.6 is 0 Å². The number of aryl methyl sites for hydroxylation is 3. The van der Waals surface area contributed by atoms with Crippen molar-refractivity contribution in [2.45, 2.75) is 40.2 Å². The number of methoxy groups -OCH3 is 1. The van der Waals surface area contributed by atoms with Crippen molar-refractivity contribution >= 4 is 22.6 Å². The first-order valence-corrected chi connectivity index (χ1v) is 9.94. The van der Waals surface area contributed by atoms with Crippen molar-refractivity contribution in [2.75, 3.05) is 7.11 Å². The fourth-order valence-corrected chi connectivity index (χ4v) is 3.72. The summed E-state index contributed by atoms with van der Waals surface area (Å²) in [7, 11) is 1.54. The summed E-state index contributed by atoms with van der Waals surface area (Å²) in [5, 5.41) is 5.16. The minimum Gasteiger partial charge on any atom is -0.497 e. The number of carbonyl (C=O) groups is 1. The minimum absolute atomic E-state index is 0.0130. The summed E-state index contributed by atoms with van der Waals surface area (Å²) < 4.78 is 17.6. The molecule has 0 aliphatic carbocycles. The summed E-state index contributed by atoms with van der Waals surface area (Å²) in [6.07, 6.45) is 0.690. The lowest BCUT2D eigenvalue weighted by atomic mass is 10.1. The molecule has 3 heterocycles. The van der Waals surface area contributed by atoms with Gasteiger partial charge in [0.05, 0.1) is 12.8 Å². The number of hydrogen-bond donors (Lipinski definition) is 0. The molecule has 8 heteroatoms. The summed E-state index contributed by atoms with van der Waals surface area (Å²) in [6.45, 7) is 5.81. The zero-order valence-electron chi connectivity index (χ0n) is 17.9. The van der Waals surface area contributed by atoms with E-state index in [4.69, 9.17) is 13.9 Å². The molecular formula is C23H23N3O5. The van der Waals surface area contributed by atoms with Crippen molar-refractivity contribution in [3.05, 3.63) is 69.0 Å². The van der Waals surface area contributed by atoms with Crippen molar-refractivity contribution in [3.63, 3.8) is 0 Å². The highest BCUT2D eigenvalue weighted by atomic mass is 16.5. The van der Waals surface area contributed by atoms with E-state index in [9.17, 15) is 9.59 Å². The topological polar surface area (TPSA) is 95.9 Å². The Balaban J connectivity index is 1.47. The monoisotopic (exact) mass is 421 g/mol. The lowest BCUT2D eigenvalue weighted by molar-refractivity contribution is -0.144. The maximum Gasteiger partial charge on any atom is 0.336 e. The molecule has 31 heavy (non-hydrogen) atoms. The van der Waals surface area contributed by atoms with Crippen LogP contribution in [0.1, 0.15) is 34.6 Å². The van der Waals surface area contributed by atoms with Crippen LogP contribution in [0.5, 0.6) is 5.75 Å². The van der Waals surface area contributed by atoms with Gasteiger partial charge in [-0.25, -0.2) is 14.3 Å². The van der Waals surface area contributed by atoms with Crippen molar-refractivity contribution < 1.29 is 18.7 Å². The number of nitrogens with zero attached hydrogens (tertiary/aromatic N) is 3. The fourth-order valence-electron chi connectivity index (χ4n) is 3.72. The third-order valence-corrected chi connectivity index (χ3v) is 5.29. The number of carbonyl (C=O) groups excluding carboxylic acids is 1. The van der Waals surface area contributed by atoms with Gasteiger partial charge in [0, 0.05) is 47.0 Å². The molecule has 0 radical (unpaired) electrons. The van der Waals surface area contributed by atoms with Gasteiger partial charge < -0.3 is 13.9 Å². The van der Waals surface area contributed by atoms with Gasteiger partial charge in [0.1, 0.15) is 17.9 Å². The van der Waals surface area contributed by atoms with Gasteiger partial charge in [-0.1, -0.05) is 0 Å². The Bertz CT molecular complexity index is 1350. The Morgan fingerprint density at radius 2 is 1.97 bits per heavy atom. The minimum atomic E-state index is -0.507. The highest BCUT2D eigenvalue weighted by molar-refractivity contribution is 5.81. The molecule has 0 fully saturated rings. The van der Waals surface area contributed by atoms with E-state index in [0.717, 1.165) is 28.3 Å². The van der Waals surface area contributed by atoms with E-state index in [1.54, 1.807) is 22.7 Å². The second-order valence-electron chi connectivity index (χ2n) is 7.43. The fraction of sp³-hybridized carbons (Fsp3) is 0.304. The smallest absolute Gasteiger partial charge is 0.336 e. The van der Waals surface area contributed by atoms with E-state index < -0.39 is 5.63 Å². The molecule has 0 saturated carbocycles. The van der Waals surface area contributed by atoms with Crippen LogP contribution < -0.4 is 10.4 Å². The lowest BCUT2D eigenvalue weighted by Crippen LogP contribution is -2.11. The van der Waals surface area contributed by atoms with Gasteiger partial charge in [-0.2, -0.15) is 5.10 Å². The Kier molecular flexibility index (Phi) is 5.46. The molecule has 0 aliphatic rings. The summed E-state index contributed by atoms with van der Waals surface area (Å²) >= 11 is 0. The van der Waals surface area contributed by atoms with E-state index in [1.165, 1.54) is 13.2 Å². The first-order valence-electron chi connectivity index (χ1n) is 9.94. The molecule has 0 aliphatic heterocycles. The van der Waals surface area contributed by atoms with Gasteiger partial charge in [-0.05, 0) is 44.9 Å². The lowest BCUT2D eigenvalue weighted by Gasteiger charge is -2.11. The van der Waals surface area contributed by atoms with Gasteiger partial charge in [0.2, 0.25) is 0 Å². The average molecular weight is 421 g/mol. The number of aromatic nitrogens is 3. The van der Waals surface area contributed by atoms with Crippen LogP contribution in [-0.4, -0.2) is 27.7 Å². The number of rotatable bonds is 6. The Morgan fingerprint density at radius 3 is 2.74 bits per heavy atom. The largest absolute Gasteiger partial charge is 0.497 e. The van der Waals surface area contributed by atoms with Crippen LogP contribution in [0.2, 0.25) is 0 Å². The average Bonchev–Trinajstić information content (AvgIpc) is 3.11. The van der Waals surface area contributed by atoms with E-state index in [0.29, 0.717) is 28.7 Å². The second-order valence-corrected chi connectivity index (χ2v) is 7.43. The van der Waals surface area contributed by atoms with Crippen molar-refractivity contribution in [3.8, 4) is 5.75 Å². The van der Waals surface area contributed by atoms with Crippen LogP contribution in [-0.2, 0) is 22.6 Å². The first-order chi connectivity index (χ1) is 14.9. The van der Waals surface area contributed by atoms with Crippen LogP contribution in [0, 0.1) is 20.8 Å². The highest BCUT2D eigenvalue weighted by Gasteiger charge is 2.14. The zero-order chi connectivity index (χ0) is 22.1. The normalized spacial score (nSPS) is 11.2. The molecule has 0 spiro atoms. The molecule has 0 unspecified atom stereocenters. The molecule has 8 nitrogen and oxygen atoms in total. The molecule has 4 rings (SSSR count). The number of fused-ring (bicyclic) bond motifs is 2. The second kappa shape index (κ2) is 8.22. The molecule has 0 N–H and O–H groups in total. The molecule has 0 amide bonds. The molecule has 4 aromatic rings. The number of ether oxygens (including phenoxy) is 2. The number of esters is 1. The SMILES string of the molecule is COc1ccc2c(COC(=O)CCc3c(C)nc4cc(C)nn4c3C)cc(=O)oc2c1. The third-order valence-electron chi connectivity index (χ3n) is 5.29. The molecule has 3 aromatic heterocycles. The molecular weight excluding hydrogens is 398 g/mol. The summed E-state index contributed by atoms with van der Waals surface area (Å²) in [5.74, 6) is 0.221. The van der Waals surface area contributed by atoms with Crippen LogP contribution in [0.15, 0.2) is 39.5 Å². The standard InChI is InChI=1S/C23H23N3O5/c1-13-9-21-24-14(2)18(15(3)26(21)25-13)7-8-22(27)30-12-16-10-23(28)31-20-11-17(29-4)5-6-19(16)20/h5-6,9-11H,7-8,12H2,1-4H3. The predicted octanol–water partition coefficient (Wildman–Crippen LogP) is 3.45. The van der Waals surface area contributed by atoms with Gasteiger partial charge in [-0.15, -0.1) is 0 Å². The van der Waals surface area contributed by atoms with E-state index in [-0.39, 0.29) is 19.0 Å². The predicted molar refractivity (Wildman–Crippen MR) is 114 cm³/mol. The number of benzene rings is 1. The van der Waals surface area contributed by atoms with Crippen LogP contribution in [0.25, 0.3) is 16.6 Å². The molecule has 0 bridgehead atoms. The summed E-state index contributed by atoms with van der Waals surface area (Å²) in [6, 6.07) is 8.44. The Morgan fingerprint density at radius 1 is 1.16 bits per heavy atom. The van der Waals surface area contributed by atoms with Gasteiger partial charge >= 0.3 is 11.6 Å². The quantitative estimate of drug-likeness (QED) is 0.347. The molecule has 0 atom stereocenters. The maximum atomic E-state index is 12.4. The maximum absolute atomic E-state index is 12.4. The van der Waals surface area contributed by atoms with E-state index in [2.05, 4.69) is 10.1 Å². The van der Waals surface area contributed by atoms with Crippen molar-refractivity contribution in [1.82, 2.24) is 14.6 Å². The summed E-state index contributed by atoms with van der Waals surface area (Å²) in [5.41, 5.74) is 4.97. The Hall–Kier alpha value is -3.68. The van der Waals surface area contributed by atoms with E-state index >= 15 is 0 Å². The molecule has 0 saturated heterocycles. The molecule has 1 aromatic carbocycles. The molecule has 160 valence electrons. The zero-order valence-corrected chi connectivity index (χ0v) is 17.9. The first kappa shape index (κ1) is 20.6. The highest BCUT2D eigenvalue weighted by Crippen LogP contribution is 2.23. The van der Waals surface area contributed by atoms with Crippen LogP contribution in [0.4, 0.5) is 0 Å². The van der Waals surface area contributed by atoms with Crippen molar-refractivity contribution in [1.29, 1.82) is 0 Å². The van der Waals surface area contributed by atoms with Crippen molar-refractivity contribution in [2.24, 2.45) is 0 Å². The van der Waals surface area contributed by atoms with Crippen LogP contribution in [0.3, 0.4) is 0 Å². The van der Waals surface area contributed by atoms with E-state index in [1.807, 2.05) is 26.8 Å². The summed E-state index contributed by atoms with van der Waals surface area (Å²) in [4.78, 5) is 28.9. The van der Waals surface area contributed by atoms with Gasteiger partial charge in [0.15, 0.2) is 5.65 Å². The van der Waals surface area contributed by atoms with Gasteiger partial charge in [0.25, 0.3) is 0 Å². The third kappa shape index (κ3) is 4.14. The Labute approximate surface area is 178 Å². The van der Waals surface area contributed by atoms with Gasteiger partial charge in [-0.3, -0.25) is 4.79 Å².